The lowest BCUT2D eigenvalue weighted by atomic mass is 9.40. The van der Waals surface area contributed by atoms with Crippen LogP contribution in [0.4, 0.5) is 39.9 Å². The zero-order valence-corrected chi connectivity index (χ0v) is 23.9. The number of para-hydroxylation sites is 4. The maximum atomic E-state index is 4.88. The Balaban J connectivity index is 1.27. The summed E-state index contributed by atoms with van der Waals surface area (Å²) >= 11 is 0. The van der Waals surface area contributed by atoms with E-state index >= 15 is 0 Å². The number of anilines is 7. The van der Waals surface area contributed by atoms with Crippen molar-refractivity contribution in [3.8, 4) is 0 Å². The Kier molecular flexibility index (Phi) is 3.71. The molecule has 0 saturated carbocycles. The first-order chi connectivity index (χ1) is 21.1. The molecule has 2 bridgehead atoms. The van der Waals surface area contributed by atoms with Gasteiger partial charge in [0.2, 0.25) is 0 Å². The predicted octanol–water partition coefficient (Wildman–Crippen LogP) is 7.30. The molecule has 1 spiro atoms. The number of fused-ring (bicyclic) bond motifs is 14. The van der Waals surface area contributed by atoms with Crippen LogP contribution in [0, 0.1) is 5.41 Å². The first kappa shape index (κ1) is 22.5. The molecule has 206 valence electrons. The first-order valence-electron chi connectivity index (χ1n) is 15.2. The first-order valence-corrected chi connectivity index (χ1v) is 15.2. The summed E-state index contributed by atoms with van der Waals surface area (Å²) in [5.41, 5.74) is 14.4. The van der Waals surface area contributed by atoms with Crippen LogP contribution in [-0.2, 0) is 11.8 Å². The van der Waals surface area contributed by atoms with E-state index in [2.05, 4.69) is 136 Å². The molecule has 43 heavy (non-hydrogen) atoms. The van der Waals surface area contributed by atoms with Crippen LogP contribution in [0.15, 0.2) is 115 Å². The third-order valence-corrected chi connectivity index (χ3v) is 11.4. The van der Waals surface area contributed by atoms with Gasteiger partial charge in [-0.15, -0.1) is 0 Å². The average molecular weight is 557 g/mol. The Bertz CT molecular complexity index is 2090. The van der Waals surface area contributed by atoms with Crippen LogP contribution in [0.3, 0.4) is 0 Å². The summed E-state index contributed by atoms with van der Waals surface area (Å²) in [6.45, 7) is 2.55. The zero-order chi connectivity index (χ0) is 28.2. The van der Waals surface area contributed by atoms with Crippen molar-refractivity contribution in [2.24, 2.45) is 5.41 Å². The fourth-order valence-corrected chi connectivity index (χ4v) is 9.98. The molecule has 0 amide bonds. The van der Waals surface area contributed by atoms with Gasteiger partial charge >= 0.3 is 0 Å². The molecule has 4 unspecified atom stereocenters. The Morgan fingerprint density at radius 1 is 0.744 bits per heavy atom. The lowest BCUT2D eigenvalue weighted by Gasteiger charge is -2.69. The molecule has 0 radical (unpaired) electrons. The third-order valence-electron chi connectivity index (χ3n) is 11.4. The molecule has 0 N–H and O–H groups in total. The number of benzene rings is 4. The summed E-state index contributed by atoms with van der Waals surface area (Å²) in [7, 11) is 2.24. The Morgan fingerprint density at radius 3 is 2.33 bits per heavy atom. The second-order valence-corrected chi connectivity index (χ2v) is 13.0. The third kappa shape index (κ3) is 2.20. The zero-order valence-electron chi connectivity index (χ0n) is 23.9. The largest absolute Gasteiger partial charge is 0.349 e. The summed E-state index contributed by atoms with van der Waals surface area (Å²) in [4.78, 5) is 19.5. The number of aromatic nitrogens is 2. The van der Waals surface area contributed by atoms with Crippen LogP contribution in [0.1, 0.15) is 23.6 Å². The van der Waals surface area contributed by atoms with E-state index in [4.69, 9.17) is 4.98 Å². The molecule has 11 rings (SSSR count). The predicted molar refractivity (Wildman–Crippen MR) is 171 cm³/mol. The van der Waals surface area contributed by atoms with Crippen molar-refractivity contribution in [1.29, 1.82) is 0 Å². The van der Waals surface area contributed by atoms with Gasteiger partial charge in [-0.1, -0.05) is 67.6 Å². The van der Waals surface area contributed by atoms with E-state index in [0.29, 0.717) is 0 Å². The molecule has 2 aliphatic carbocycles. The van der Waals surface area contributed by atoms with Crippen LogP contribution in [0.2, 0.25) is 0 Å². The van der Waals surface area contributed by atoms with Crippen LogP contribution >= 0.6 is 0 Å². The molecule has 4 aromatic carbocycles. The monoisotopic (exact) mass is 556 g/mol. The van der Waals surface area contributed by atoms with Gasteiger partial charge < -0.3 is 19.6 Å². The summed E-state index contributed by atoms with van der Waals surface area (Å²) in [6.07, 6.45) is 4.80. The maximum Gasteiger partial charge on any atom is 0.161 e. The molecule has 4 atom stereocenters. The van der Waals surface area contributed by atoms with Gasteiger partial charge in [-0.25, -0.2) is 9.97 Å². The normalized spacial score (nSPS) is 27.6. The SMILES string of the molecule is CN1c2cncnc2N2c3ccc4cc3C3(C4)C4=C(C5N(c6ccccc6)c6ccccc6N5c5ccccc54)C3(C)C12. The minimum atomic E-state index is -0.216. The van der Waals surface area contributed by atoms with Gasteiger partial charge in [0.25, 0.3) is 0 Å². The topological polar surface area (TPSA) is 38.7 Å². The molecule has 1 aromatic heterocycles. The summed E-state index contributed by atoms with van der Waals surface area (Å²) < 4.78 is 0. The highest BCUT2D eigenvalue weighted by molar-refractivity contribution is 6.06. The number of rotatable bonds is 1. The summed E-state index contributed by atoms with van der Waals surface area (Å²) in [5, 5.41) is 0. The molecule has 0 fully saturated rings. The van der Waals surface area contributed by atoms with E-state index in [1.165, 1.54) is 56.3 Å². The fraction of sp³-hybridized carbons (Fsp3) is 0.189. The number of hydrogen-bond donors (Lipinski definition) is 0. The minimum absolute atomic E-state index is 0.0194. The van der Waals surface area contributed by atoms with Crippen LogP contribution in [-0.4, -0.2) is 29.3 Å². The van der Waals surface area contributed by atoms with Crippen LogP contribution in [0.25, 0.3) is 5.57 Å². The maximum absolute atomic E-state index is 4.88. The second-order valence-electron chi connectivity index (χ2n) is 13.0. The molecule has 6 heteroatoms. The molecular weight excluding hydrogens is 528 g/mol. The summed E-state index contributed by atoms with van der Waals surface area (Å²) in [5.74, 6) is 1.00. The molecule has 5 heterocycles. The molecule has 6 aliphatic rings. The Morgan fingerprint density at radius 2 is 1.49 bits per heavy atom. The second kappa shape index (κ2) is 7.09. The van der Waals surface area contributed by atoms with E-state index in [-0.39, 0.29) is 23.2 Å². The van der Waals surface area contributed by atoms with Crippen molar-refractivity contribution in [3.63, 3.8) is 0 Å². The highest BCUT2D eigenvalue weighted by Gasteiger charge is 2.76. The molecule has 6 nitrogen and oxygen atoms in total. The van der Waals surface area contributed by atoms with Gasteiger partial charge in [-0.2, -0.15) is 0 Å². The van der Waals surface area contributed by atoms with Gasteiger partial charge in [-0.3, -0.25) is 0 Å². The molecule has 5 aromatic rings. The highest BCUT2D eigenvalue weighted by Crippen LogP contribution is 2.79. The standard InChI is InChI=1S/C37H28N6/c1-36-32-31(37(36)19-22-16-17-27(25(37)18-22)43-33-30(20-38-21-39-33)40(2)35(36)43)24-12-6-7-13-26(24)42-29-15-9-8-14-28(29)41(34(32)42)23-10-4-3-5-11-23/h3-18,20-21,34-35H,19H2,1-2H3. The molecule has 4 aliphatic heterocycles. The Labute approximate surface area is 250 Å². The van der Waals surface area contributed by atoms with E-state index < -0.39 is 0 Å². The average Bonchev–Trinajstić information content (AvgIpc) is 3.68. The Hall–Kier alpha value is -5.10. The minimum Gasteiger partial charge on any atom is -0.349 e. The van der Waals surface area contributed by atoms with Gasteiger partial charge in [0.15, 0.2) is 5.82 Å². The lowest BCUT2D eigenvalue weighted by Crippen LogP contribution is -2.73. The van der Waals surface area contributed by atoms with Gasteiger partial charge in [0.1, 0.15) is 24.3 Å². The van der Waals surface area contributed by atoms with Crippen molar-refractivity contribution in [3.05, 3.63) is 132 Å². The molecular formula is C37H28N6. The van der Waals surface area contributed by atoms with E-state index in [0.717, 1.165) is 17.9 Å². The number of nitrogens with zero attached hydrogens (tertiary/aromatic N) is 6. The van der Waals surface area contributed by atoms with E-state index in [1.54, 1.807) is 6.33 Å². The van der Waals surface area contributed by atoms with Crippen molar-refractivity contribution >= 4 is 45.5 Å². The summed E-state index contributed by atoms with van der Waals surface area (Å²) in [6, 6.07) is 36.2. The van der Waals surface area contributed by atoms with Crippen molar-refractivity contribution in [2.45, 2.75) is 31.1 Å². The number of hydrogen-bond acceptors (Lipinski definition) is 6. The van der Waals surface area contributed by atoms with Crippen molar-refractivity contribution in [1.82, 2.24) is 9.97 Å². The fourth-order valence-electron chi connectivity index (χ4n) is 9.98. The van der Waals surface area contributed by atoms with Crippen LogP contribution < -0.4 is 19.6 Å². The molecule has 0 saturated heterocycles. The highest BCUT2D eigenvalue weighted by atomic mass is 15.5. The van der Waals surface area contributed by atoms with Gasteiger partial charge in [0, 0.05) is 34.8 Å². The van der Waals surface area contributed by atoms with Gasteiger partial charge in [-0.05, 0) is 65.1 Å². The quantitative estimate of drug-likeness (QED) is 0.216. The van der Waals surface area contributed by atoms with E-state index in [9.17, 15) is 0 Å². The van der Waals surface area contributed by atoms with E-state index in [1.807, 2.05) is 6.20 Å². The van der Waals surface area contributed by atoms with Crippen LogP contribution in [0.5, 0.6) is 0 Å². The lowest BCUT2D eigenvalue weighted by molar-refractivity contribution is 0.141. The van der Waals surface area contributed by atoms with Crippen molar-refractivity contribution < 1.29 is 0 Å². The van der Waals surface area contributed by atoms with Gasteiger partial charge in [0.05, 0.1) is 23.3 Å². The smallest absolute Gasteiger partial charge is 0.161 e. The van der Waals surface area contributed by atoms with Crippen molar-refractivity contribution in [2.75, 3.05) is 26.6 Å². The number of allylic oxidation sites excluding steroid dienone is 1.